The summed E-state index contributed by atoms with van der Waals surface area (Å²) in [5.74, 6) is -1.68. The van der Waals surface area contributed by atoms with Crippen molar-refractivity contribution in [2.45, 2.75) is 39.3 Å². The molecule has 0 radical (unpaired) electrons. The molecular formula is C21H26N4O4. The van der Waals surface area contributed by atoms with Crippen LogP contribution in [0.3, 0.4) is 0 Å². The molecule has 0 unspecified atom stereocenters. The van der Waals surface area contributed by atoms with E-state index in [1.807, 2.05) is 18.2 Å². The number of carbonyl (C=O) groups excluding carboxylic acids is 3. The minimum Gasteiger partial charge on any atom is -0.467 e. The summed E-state index contributed by atoms with van der Waals surface area (Å²) in [5, 5.41) is 5.34. The first kappa shape index (κ1) is 22.0. The van der Waals surface area contributed by atoms with Gasteiger partial charge in [0, 0.05) is 12.4 Å². The van der Waals surface area contributed by atoms with Crippen molar-refractivity contribution in [2.24, 2.45) is 5.92 Å². The molecule has 154 valence electrons. The highest BCUT2D eigenvalue weighted by atomic mass is 16.5. The van der Waals surface area contributed by atoms with Crippen LogP contribution in [0, 0.1) is 5.92 Å². The number of rotatable bonds is 7. The molecule has 2 N–H and O–H groups in total. The number of carbonyl (C=O) groups is 3. The van der Waals surface area contributed by atoms with Crippen molar-refractivity contribution in [3.63, 3.8) is 0 Å². The molecule has 2 heterocycles. The largest absolute Gasteiger partial charge is 0.467 e. The summed E-state index contributed by atoms with van der Waals surface area (Å²) in [5.41, 5.74) is 0.440. The number of methoxy groups -OCH3 is 1. The van der Waals surface area contributed by atoms with Gasteiger partial charge in [-0.05, 0) is 44.0 Å². The van der Waals surface area contributed by atoms with Gasteiger partial charge in [0.1, 0.15) is 11.6 Å². The minimum absolute atomic E-state index is 0.201. The smallest absolute Gasteiger partial charge is 0.330 e. The predicted octanol–water partition coefficient (Wildman–Crippen LogP) is 1.97. The van der Waals surface area contributed by atoms with E-state index in [0.717, 1.165) is 0 Å². The summed E-state index contributed by atoms with van der Waals surface area (Å²) in [6.07, 6.45) is 3.10. The van der Waals surface area contributed by atoms with Crippen LogP contribution in [0.2, 0.25) is 0 Å². The molecule has 0 fully saturated rings. The first-order valence-corrected chi connectivity index (χ1v) is 9.24. The Bertz CT molecular complexity index is 864. The van der Waals surface area contributed by atoms with Crippen LogP contribution in [0.1, 0.15) is 38.1 Å². The zero-order valence-electron chi connectivity index (χ0n) is 17.2. The van der Waals surface area contributed by atoms with Gasteiger partial charge in [0.15, 0.2) is 0 Å². The van der Waals surface area contributed by atoms with Gasteiger partial charge in [-0.15, -0.1) is 0 Å². The lowest BCUT2D eigenvalue weighted by atomic mass is 9.99. The molecule has 2 aromatic heterocycles. The molecule has 0 saturated carbocycles. The number of nitrogens with zero attached hydrogens (tertiary/aromatic N) is 2. The molecule has 0 aliphatic carbocycles. The topological polar surface area (TPSA) is 110 Å². The van der Waals surface area contributed by atoms with E-state index in [2.05, 4.69) is 20.6 Å². The molecule has 0 spiro atoms. The van der Waals surface area contributed by atoms with E-state index in [1.54, 1.807) is 32.2 Å². The summed E-state index contributed by atoms with van der Waals surface area (Å²) in [7, 11) is 1.25. The zero-order valence-corrected chi connectivity index (χ0v) is 17.2. The second-order valence-electron chi connectivity index (χ2n) is 7.45. The second-order valence-corrected chi connectivity index (χ2v) is 7.45. The third kappa shape index (κ3) is 5.60. The highest BCUT2D eigenvalue weighted by molar-refractivity contribution is 5.98. The van der Waals surface area contributed by atoms with Crippen LogP contribution in [-0.4, -0.2) is 46.4 Å². The van der Waals surface area contributed by atoms with Gasteiger partial charge < -0.3 is 15.4 Å². The van der Waals surface area contributed by atoms with Crippen LogP contribution in [-0.2, 0) is 14.3 Å². The standard InChI is InChI=1S/C21H26N4O4/c1-13(2)17(19(27)25-21(3,4)20(28)29-5)24-18(26)14-9-10-16(23-12-14)15-8-6-7-11-22-15/h6-13,17H,1-5H3,(H,24,26)(H,25,27)/t17-/m0/s1. The number of nitrogens with one attached hydrogen (secondary N) is 2. The molecule has 0 aromatic carbocycles. The molecule has 2 rings (SSSR count). The molecule has 2 amide bonds. The maximum atomic E-state index is 12.7. The Balaban J connectivity index is 2.11. The molecule has 2 aromatic rings. The normalized spacial score (nSPS) is 12.2. The fourth-order valence-electron chi connectivity index (χ4n) is 2.65. The summed E-state index contributed by atoms with van der Waals surface area (Å²) < 4.78 is 4.70. The number of hydrogen-bond acceptors (Lipinski definition) is 6. The number of pyridine rings is 2. The van der Waals surface area contributed by atoms with E-state index < -0.39 is 29.4 Å². The summed E-state index contributed by atoms with van der Waals surface area (Å²) in [4.78, 5) is 45.6. The number of aromatic nitrogens is 2. The fourth-order valence-corrected chi connectivity index (χ4v) is 2.65. The monoisotopic (exact) mass is 398 g/mol. The number of esters is 1. The number of ether oxygens (including phenoxy) is 1. The lowest BCUT2D eigenvalue weighted by Gasteiger charge is -2.28. The van der Waals surface area contributed by atoms with Crippen molar-refractivity contribution in [3.05, 3.63) is 48.3 Å². The molecule has 0 saturated heterocycles. The minimum atomic E-state index is -1.21. The third-order valence-electron chi connectivity index (χ3n) is 4.32. The molecule has 8 heteroatoms. The van der Waals surface area contributed by atoms with Crippen molar-refractivity contribution < 1.29 is 19.1 Å². The molecule has 29 heavy (non-hydrogen) atoms. The first-order valence-electron chi connectivity index (χ1n) is 9.24. The number of amides is 2. The second kappa shape index (κ2) is 9.27. The van der Waals surface area contributed by atoms with E-state index in [0.29, 0.717) is 17.0 Å². The van der Waals surface area contributed by atoms with Crippen molar-refractivity contribution in [3.8, 4) is 11.4 Å². The average molecular weight is 398 g/mol. The lowest BCUT2D eigenvalue weighted by molar-refractivity contribution is -0.149. The predicted molar refractivity (Wildman–Crippen MR) is 108 cm³/mol. The van der Waals surface area contributed by atoms with E-state index in [9.17, 15) is 14.4 Å². The van der Waals surface area contributed by atoms with E-state index in [1.165, 1.54) is 27.2 Å². The van der Waals surface area contributed by atoms with Gasteiger partial charge in [-0.1, -0.05) is 19.9 Å². The molecule has 1 atom stereocenters. The van der Waals surface area contributed by atoms with Crippen molar-refractivity contribution in [1.82, 2.24) is 20.6 Å². The van der Waals surface area contributed by atoms with Crippen LogP contribution in [0.15, 0.2) is 42.7 Å². The molecular weight excluding hydrogens is 372 g/mol. The summed E-state index contributed by atoms with van der Waals surface area (Å²) in [6.45, 7) is 6.68. The summed E-state index contributed by atoms with van der Waals surface area (Å²) >= 11 is 0. The Kier molecular flexibility index (Phi) is 7.03. The lowest BCUT2D eigenvalue weighted by Crippen LogP contribution is -2.58. The highest BCUT2D eigenvalue weighted by Crippen LogP contribution is 2.14. The van der Waals surface area contributed by atoms with Crippen LogP contribution in [0.5, 0.6) is 0 Å². The Labute approximate surface area is 170 Å². The Hall–Kier alpha value is -3.29. The van der Waals surface area contributed by atoms with Gasteiger partial charge in [-0.3, -0.25) is 19.6 Å². The van der Waals surface area contributed by atoms with Crippen LogP contribution >= 0.6 is 0 Å². The average Bonchev–Trinajstić information content (AvgIpc) is 2.71. The van der Waals surface area contributed by atoms with Gasteiger partial charge in [-0.2, -0.15) is 0 Å². The molecule has 0 aliphatic heterocycles. The van der Waals surface area contributed by atoms with Gasteiger partial charge >= 0.3 is 5.97 Å². The quantitative estimate of drug-likeness (QED) is 0.690. The van der Waals surface area contributed by atoms with Gasteiger partial charge in [0.2, 0.25) is 5.91 Å². The van der Waals surface area contributed by atoms with Gasteiger partial charge in [0.05, 0.1) is 24.1 Å². The van der Waals surface area contributed by atoms with Gasteiger partial charge in [0.25, 0.3) is 5.91 Å². The van der Waals surface area contributed by atoms with Crippen LogP contribution in [0.4, 0.5) is 0 Å². The Morgan fingerprint density at radius 1 is 1.03 bits per heavy atom. The molecule has 8 nitrogen and oxygen atoms in total. The molecule has 0 aliphatic rings. The third-order valence-corrected chi connectivity index (χ3v) is 4.32. The van der Waals surface area contributed by atoms with Crippen LogP contribution < -0.4 is 10.6 Å². The van der Waals surface area contributed by atoms with Crippen LogP contribution in [0.25, 0.3) is 11.4 Å². The van der Waals surface area contributed by atoms with E-state index in [4.69, 9.17) is 4.74 Å². The van der Waals surface area contributed by atoms with Gasteiger partial charge in [-0.25, -0.2) is 4.79 Å². The summed E-state index contributed by atoms with van der Waals surface area (Å²) in [6, 6.07) is 7.98. The first-order chi connectivity index (χ1) is 13.7. The van der Waals surface area contributed by atoms with Crippen molar-refractivity contribution in [1.29, 1.82) is 0 Å². The maximum absolute atomic E-state index is 12.7. The molecule has 0 bridgehead atoms. The highest BCUT2D eigenvalue weighted by Gasteiger charge is 2.34. The fraction of sp³-hybridized carbons (Fsp3) is 0.381. The van der Waals surface area contributed by atoms with E-state index in [-0.39, 0.29) is 5.92 Å². The maximum Gasteiger partial charge on any atom is 0.330 e. The van der Waals surface area contributed by atoms with E-state index >= 15 is 0 Å². The Morgan fingerprint density at radius 2 is 1.72 bits per heavy atom. The SMILES string of the molecule is COC(=O)C(C)(C)NC(=O)[C@@H](NC(=O)c1ccc(-c2ccccn2)nc1)C(C)C. The van der Waals surface area contributed by atoms with Crippen molar-refractivity contribution in [2.75, 3.05) is 7.11 Å². The zero-order chi connectivity index (χ0) is 21.6. The number of hydrogen-bond donors (Lipinski definition) is 2. The Morgan fingerprint density at radius 3 is 2.24 bits per heavy atom. The van der Waals surface area contributed by atoms with Crippen molar-refractivity contribution >= 4 is 17.8 Å².